The zero-order valence-corrected chi connectivity index (χ0v) is 19.0. The molecule has 0 atom stereocenters. The number of rotatable bonds is 7. The Labute approximate surface area is 187 Å². The van der Waals surface area contributed by atoms with Crippen molar-refractivity contribution in [1.29, 1.82) is 0 Å². The molecule has 9 nitrogen and oxygen atoms in total. The first kappa shape index (κ1) is 21.7. The van der Waals surface area contributed by atoms with E-state index in [1.165, 1.54) is 0 Å². The Morgan fingerprint density at radius 1 is 1.12 bits per heavy atom. The summed E-state index contributed by atoms with van der Waals surface area (Å²) in [6, 6.07) is 15.4. The second kappa shape index (κ2) is 8.56. The van der Waals surface area contributed by atoms with Crippen LogP contribution in [0, 0.1) is 6.92 Å². The van der Waals surface area contributed by atoms with E-state index in [0.717, 1.165) is 39.4 Å². The van der Waals surface area contributed by atoms with Crippen LogP contribution in [0.25, 0.3) is 10.9 Å². The highest BCUT2D eigenvalue weighted by molar-refractivity contribution is 7.89. The van der Waals surface area contributed by atoms with Gasteiger partial charge in [0.05, 0.1) is 11.3 Å². The zero-order chi connectivity index (χ0) is 22.9. The largest absolute Gasteiger partial charge is 0.329 e. The molecule has 0 fully saturated rings. The molecule has 0 aliphatic rings. The van der Waals surface area contributed by atoms with Crippen LogP contribution in [0.4, 0.5) is 23.1 Å². The monoisotopic (exact) mass is 451 g/mol. The highest BCUT2D eigenvalue weighted by Crippen LogP contribution is 2.27. The van der Waals surface area contributed by atoms with Crippen LogP contribution in [0.1, 0.15) is 11.3 Å². The number of aryl methyl sites for hydroxylation is 3. The molecule has 2 heterocycles. The molecule has 4 aromatic rings. The molecule has 2 aromatic heterocycles. The number of primary sulfonamides is 1. The summed E-state index contributed by atoms with van der Waals surface area (Å²) in [5.74, 6) is 1.11. The van der Waals surface area contributed by atoms with Crippen LogP contribution < -0.4 is 15.4 Å². The van der Waals surface area contributed by atoms with Crippen molar-refractivity contribution in [3.8, 4) is 0 Å². The molecule has 32 heavy (non-hydrogen) atoms. The highest BCUT2D eigenvalue weighted by Gasteiger charge is 2.11. The number of sulfonamides is 1. The van der Waals surface area contributed by atoms with Gasteiger partial charge in [0, 0.05) is 42.7 Å². The zero-order valence-electron chi connectivity index (χ0n) is 18.1. The number of nitrogens with two attached hydrogens (primary N) is 1. The van der Waals surface area contributed by atoms with E-state index in [9.17, 15) is 8.42 Å². The molecule has 0 amide bonds. The molecule has 0 bridgehead atoms. The van der Waals surface area contributed by atoms with Crippen molar-refractivity contribution in [1.82, 2.24) is 19.7 Å². The predicted molar refractivity (Wildman–Crippen MR) is 127 cm³/mol. The molecule has 0 radical (unpaired) electrons. The van der Waals surface area contributed by atoms with E-state index in [4.69, 9.17) is 5.14 Å². The number of anilines is 4. The topological polar surface area (TPSA) is 119 Å². The van der Waals surface area contributed by atoms with Gasteiger partial charge in [-0.15, -0.1) is 0 Å². The third-order valence-corrected chi connectivity index (χ3v) is 6.14. The van der Waals surface area contributed by atoms with Crippen molar-refractivity contribution in [2.24, 2.45) is 12.2 Å². The SMILES string of the molecule is Cc1c2ccc(N(C)c3ccnc(Nc4ccc(CCS(N)(=O)=O)cc4)n3)cc2nn1C. The first-order chi connectivity index (χ1) is 15.2. The van der Waals surface area contributed by atoms with Gasteiger partial charge in [0.2, 0.25) is 16.0 Å². The van der Waals surface area contributed by atoms with Crippen molar-refractivity contribution in [2.45, 2.75) is 13.3 Å². The molecule has 0 saturated carbocycles. The average molecular weight is 452 g/mol. The van der Waals surface area contributed by atoms with E-state index in [1.807, 2.05) is 73.1 Å². The van der Waals surface area contributed by atoms with Crippen LogP contribution in [-0.4, -0.2) is 41.0 Å². The molecule has 0 aliphatic heterocycles. The second-order valence-electron chi connectivity index (χ2n) is 7.65. The predicted octanol–water partition coefficient (Wildman–Crippen LogP) is 3.01. The lowest BCUT2D eigenvalue weighted by atomic mass is 10.1. The maximum atomic E-state index is 11.1. The summed E-state index contributed by atoms with van der Waals surface area (Å²) in [5.41, 5.74) is 4.72. The van der Waals surface area contributed by atoms with Gasteiger partial charge in [-0.2, -0.15) is 10.1 Å². The fourth-order valence-corrected chi connectivity index (χ4v) is 3.92. The van der Waals surface area contributed by atoms with Gasteiger partial charge in [0.15, 0.2) is 0 Å². The van der Waals surface area contributed by atoms with Gasteiger partial charge in [-0.25, -0.2) is 18.5 Å². The van der Waals surface area contributed by atoms with Crippen molar-refractivity contribution in [3.63, 3.8) is 0 Å². The van der Waals surface area contributed by atoms with Crippen LogP contribution >= 0.6 is 0 Å². The quantitative estimate of drug-likeness (QED) is 0.443. The molecular formula is C22H25N7O2S. The normalized spacial score (nSPS) is 11.6. The van der Waals surface area contributed by atoms with Gasteiger partial charge in [-0.1, -0.05) is 12.1 Å². The van der Waals surface area contributed by atoms with Gasteiger partial charge in [0.25, 0.3) is 0 Å². The summed E-state index contributed by atoms with van der Waals surface area (Å²) >= 11 is 0. The minimum Gasteiger partial charge on any atom is -0.329 e. The maximum absolute atomic E-state index is 11.1. The van der Waals surface area contributed by atoms with Gasteiger partial charge in [-0.3, -0.25) is 4.68 Å². The fourth-order valence-electron chi connectivity index (χ4n) is 3.40. The number of nitrogens with one attached hydrogen (secondary N) is 1. The van der Waals surface area contributed by atoms with E-state index < -0.39 is 10.0 Å². The number of aromatic nitrogens is 4. The highest BCUT2D eigenvalue weighted by atomic mass is 32.2. The lowest BCUT2D eigenvalue weighted by Gasteiger charge is -2.19. The summed E-state index contributed by atoms with van der Waals surface area (Å²) in [7, 11) is 0.410. The Kier molecular flexibility index (Phi) is 5.81. The summed E-state index contributed by atoms with van der Waals surface area (Å²) in [4.78, 5) is 10.9. The van der Waals surface area contributed by atoms with Crippen LogP contribution in [0.2, 0.25) is 0 Å². The van der Waals surface area contributed by atoms with Crippen LogP contribution in [0.15, 0.2) is 54.7 Å². The number of fused-ring (bicyclic) bond motifs is 1. The maximum Gasteiger partial charge on any atom is 0.229 e. The van der Waals surface area contributed by atoms with E-state index in [1.54, 1.807) is 6.20 Å². The van der Waals surface area contributed by atoms with Crippen LogP contribution in [-0.2, 0) is 23.5 Å². The van der Waals surface area contributed by atoms with E-state index in [-0.39, 0.29) is 5.75 Å². The average Bonchev–Trinajstić information content (AvgIpc) is 3.05. The van der Waals surface area contributed by atoms with E-state index in [2.05, 4.69) is 26.4 Å². The fraction of sp³-hybridized carbons (Fsp3) is 0.227. The van der Waals surface area contributed by atoms with E-state index >= 15 is 0 Å². The molecule has 0 saturated heterocycles. The molecule has 166 valence electrons. The Hall–Kier alpha value is -3.50. The van der Waals surface area contributed by atoms with Crippen molar-refractivity contribution in [3.05, 3.63) is 66.0 Å². The summed E-state index contributed by atoms with van der Waals surface area (Å²) in [6.07, 6.45) is 2.07. The second-order valence-corrected chi connectivity index (χ2v) is 9.38. The number of benzene rings is 2. The van der Waals surface area contributed by atoms with Crippen LogP contribution in [0.5, 0.6) is 0 Å². The standard InChI is InChI=1S/C22H25N7O2S/c1-15-19-9-8-18(14-20(19)27-29(15)3)28(2)21-10-12-24-22(26-21)25-17-6-4-16(5-7-17)11-13-32(23,30)31/h4-10,12,14H,11,13H2,1-3H3,(H2,23,30,31)(H,24,25,26). The third kappa shape index (κ3) is 4.87. The van der Waals surface area contributed by atoms with Gasteiger partial charge >= 0.3 is 0 Å². The Morgan fingerprint density at radius 2 is 1.88 bits per heavy atom. The molecule has 0 aliphatic carbocycles. The molecule has 0 unspecified atom stereocenters. The molecule has 3 N–H and O–H groups in total. The van der Waals surface area contributed by atoms with Gasteiger partial charge < -0.3 is 10.2 Å². The molecule has 2 aromatic carbocycles. The minimum absolute atomic E-state index is 0.0822. The third-order valence-electron chi connectivity index (χ3n) is 5.37. The molecular weight excluding hydrogens is 426 g/mol. The van der Waals surface area contributed by atoms with Crippen molar-refractivity contribution >= 4 is 44.1 Å². The Balaban J connectivity index is 1.49. The summed E-state index contributed by atoms with van der Waals surface area (Å²) in [5, 5.41) is 13.9. The lowest BCUT2D eigenvalue weighted by Crippen LogP contribution is -2.17. The molecule has 0 spiro atoms. The number of hydrogen-bond acceptors (Lipinski definition) is 7. The first-order valence-electron chi connectivity index (χ1n) is 10.1. The van der Waals surface area contributed by atoms with Gasteiger partial charge in [0.1, 0.15) is 5.82 Å². The van der Waals surface area contributed by atoms with Crippen LogP contribution in [0.3, 0.4) is 0 Å². The summed E-state index contributed by atoms with van der Waals surface area (Å²) < 4.78 is 24.1. The Morgan fingerprint density at radius 3 is 2.59 bits per heavy atom. The molecule has 10 heteroatoms. The smallest absolute Gasteiger partial charge is 0.229 e. The molecule has 4 rings (SSSR count). The van der Waals surface area contributed by atoms with Crippen molar-refractivity contribution < 1.29 is 8.42 Å². The number of hydrogen-bond donors (Lipinski definition) is 2. The Bertz CT molecular complexity index is 1370. The lowest BCUT2D eigenvalue weighted by molar-refractivity contribution is 0.597. The number of nitrogens with zero attached hydrogens (tertiary/aromatic N) is 5. The van der Waals surface area contributed by atoms with Gasteiger partial charge in [-0.05, 0) is 55.3 Å². The summed E-state index contributed by atoms with van der Waals surface area (Å²) in [6.45, 7) is 2.05. The van der Waals surface area contributed by atoms with Crippen molar-refractivity contribution in [2.75, 3.05) is 23.0 Å². The first-order valence-corrected chi connectivity index (χ1v) is 11.8. The van der Waals surface area contributed by atoms with E-state index in [0.29, 0.717) is 12.4 Å². The minimum atomic E-state index is -3.48.